The van der Waals surface area contributed by atoms with Gasteiger partial charge in [0.1, 0.15) is 10.4 Å². The summed E-state index contributed by atoms with van der Waals surface area (Å²) in [6, 6.07) is 8.74. The summed E-state index contributed by atoms with van der Waals surface area (Å²) < 4.78 is 0.921. The average molecular weight is 279 g/mol. The molecule has 0 amide bonds. The van der Waals surface area contributed by atoms with Crippen molar-refractivity contribution in [1.29, 1.82) is 0 Å². The molecule has 2 rings (SSSR count). The molecule has 2 aromatic rings. The lowest BCUT2D eigenvalue weighted by atomic mass is 10.1. The van der Waals surface area contributed by atoms with Gasteiger partial charge in [-0.3, -0.25) is 0 Å². The van der Waals surface area contributed by atoms with E-state index >= 15 is 0 Å². The van der Waals surface area contributed by atoms with Crippen molar-refractivity contribution in [3.8, 4) is 0 Å². The maximum Gasteiger partial charge on any atom is 0.127 e. The van der Waals surface area contributed by atoms with Crippen LogP contribution < -0.4 is 0 Å². The molecule has 0 bridgehead atoms. The standard InChI is InChI=1S/C13H15BrN2/c1-3-10-4-6-11(7-5-10)8-12-13(14)16-9(2)15-12/h4-7H,3,8H2,1-2H3,(H,15,16). The summed E-state index contributed by atoms with van der Waals surface area (Å²) in [5.41, 5.74) is 3.83. The van der Waals surface area contributed by atoms with Crippen LogP contribution in [0.1, 0.15) is 29.6 Å². The van der Waals surface area contributed by atoms with E-state index in [-0.39, 0.29) is 0 Å². The number of benzene rings is 1. The number of H-pyrrole nitrogens is 1. The van der Waals surface area contributed by atoms with Crippen molar-refractivity contribution in [3.05, 3.63) is 51.5 Å². The van der Waals surface area contributed by atoms with E-state index < -0.39 is 0 Å². The highest BCUT2D eigenvalue weighted by Gasteiger charge is 2.05. The predicted octanol–water partition coefficient (Wildman–Crippen LogP) is 3.63. The van der Waals surface area contributed by atoms with E-state index in [9.17, 15) is 0 Å². The highest BCUT2D eigenvalue weighted by Crippen LogP contribution is 2.17. The number of nitrogens with one attached hydrogen (secondary N) is 1. The molecule has 1 N–H and O–H groups in total. The van der Waals surface area contributed by atoms with Crippen LogP contribution in [0, 0.1) is 6.92 Å². The summed E-state index contributed by atoms with van der Waals surface area (Å²) in [6.07, 6.45) is 1.98. The number of hydrogen-bond donors (Lipinski definition) is 1. The van der Waals surface area contributed by atoms with Gasteiger partial charge in [0.05, 0.1) is 5.69 Å². The third-order valence-electron chi connectivity index (χ3n) is 2.66. The molecule has 1 heterocycles. The molecule has 16 heavy (non-hydrogen) atoms. The number of halogens is 1. The molecule has 0 aliphatic rings. The van der Waals surface area contributed by atoms with E-state index in [2.05, 4.69) is 57.1 Å². The molecule has 1 aromatic carbocycles. The van der Waals surface area contributed by atoms with Crippen molar-refractivity contribution < 1.29 is 0 Å². The zero-order valence-corrected chi connectivity index (χ0v) is 11.1. The minimum atomic E-state index is 0.894. The number of rotatable bonds is 3. The van der Waals surface area contributed by atoms with Gasteiger partial charge in [0.2, 0.25) is 0 Å². The summed E-state index contributed by atoms with van der Waals surface area (Å²) in [7, 11) is 0. The maximum atomic E-state index is 4.30. The van der Waals surface area contributed by atoms with E-state index in [1.807, 2.05) is 6.92 Å². The van der Waals surface area contributed by atoms with Gasteiger partial charge in [-0.2, -0.15) is 0 Å². The third kappa shape index (κ3) is 2.53. The molecule has 0 spiro atoms. The number of hydrogen-bond acceptors (Lipinski definition) is 1. The van der Waals surface area contributed by atoms with Crippen LogP contribution in [0.25, 0.3) is 0 Å². The normalized spacial score (nSPS) is 10.7. The quantitative estimate of drug-likeness (QED) is 0.913. The number of aryl methyl sites for hydroxylation is 2. The van der Waals surface area contributed by atoms with Crippen molar-refractivity contribution in [1.82, 2.24) is 9.97 Å². The molecule has 0 saturated heterocycles. The Morgan fingerprint density at radius 1 is 1.19 bits per heavy atom. The van der Waals surface area contributed by atoms with Crippen LogP contribution in [0.5, 0.6) is 0 Å². The molecule has 1 aromatic heterocycles. The van der Waals surface area contributed by atoms with Crippen LogP contribution in [0.2, 0.25) is 0 Å². The fraction of sp³-hybridized carbons (Fsp3) is 0.308. The summed E-state index contributed by atoms with van der Waals surface area (Å²) in [6.45, 7) is 4.14. The average Bonchev–Trinajstić information content (AvgIpc) is 2.59. The lowest BCUT2D eigenvalue weighted by molar-refractivity contribution is 1.06. The van der Waals surface area contributed by atoms with Crippen LogP contribution in [-0.4, -0.2) is 9.97 Å². The summed E-state index contributed by atoms with van der Waals surface area (Å²) >= 11 is 3.46. The van der Waals surface area contributed by atoms with Gasteiger partial charge < -0.3 is 4.98 Å². The maximum absolute atomic E-state index is 4.30. The number of aromatic nitrogens is 2. The minimum absolute atomic E-state index is 0.894. The van der Waals surface area contributed by atoms with Crippen molar-refractivity contribution >= 4 is 15.9 Å². The van der Waals surface area contributed by atoms with Gasteiger partial charge in [0.25, 0.3) is 0 Å². The SMILES string of the molecule is CCc1ccc(Cc2[nH]c(C)nc2Br)cc1. The zero-order chi connectivity index (χ0) is 11.5. The van der Waals surface area contributed by atoms with E-state index in [1.54, 1.807) is 0 Å². The van der Waals surface area contributed by atoms with E-state index in [1.165, 1.54) is 11.1 Å². The van der Waals surface area contributed by atoms with Gasteiger partial charge >= 0.3 is 0 Å². The molecule has 84 valence electrons. The molecule has 0 aliphatic carbocycles. The van der Waals surface area contributed by atoms with Crippen molar-refractivity contribution in [3.63, 3.8) is 0 Å². The van der Waals surface area contributed by atoms with Gasteiger partial charge in [0, 0.05) is 6.42 Å². The van der Waals surface area contributed by atoms with E-state index in [4.69, 9.17) is 0 Å². The van der Waals surface area contributed by atoms with Crippen molar-refractivity contribution in [2.45, 2.75) is 26.7 Å². The number of aromatic amines is 1. The molecular weight excluding hydrogens is 264 g/mol. The summed E-state index contributed by atoms with van der Waals surface area (Å²) in [4.78, 5) is 7.57. The number of imidazole rings is 1. The number of nitrogens with zero attached hydrogens (tertiary/aromatic N) is 1. The Bertz CT molecular complexity index is 471. The predicted molar refractivity (Wildman–Crippen MR) is 69.7 cm³/mol. The first-order chi connectivity index (χ1) is 7.69. The monoisotopic (exact) mass is 278 g/mol. The molecule has 3 heteroatoms. The fourth-order valence-electron chi connectivity index (χ4n) is 1.73. The van der Waals surface area contributed by atoms with Crippen molar-refractivity contribution in [2.75, 3.05) is 0 Å². The molecule has 0 atom stereocenters. The molecule has 0 unspecified atom stereocenters. The fourth-order valence-corrected chi connectivity index (χ4v) is 2.23. The van der Waals surface area contributed by atoms with Crippen LogP contribution >= 0.6 is 15.9 Å². The zero-order valence-electron chi connectivity index (χ0n) is 9.55. The largest absolute Gasteiger partial charge is 0.345 e. The van der Waals surface area contributed by atoms with E-state index in [0.29, 0.717) is 0 Å². The van der Waals surface area contributed by atoms with E-state index in [0.717, 1.165) is 29.0 Å². The lowest BCUT2D eigenvalue weighted by Crippen LogP contribution is -1.90. The van der Waals surface area contributed by atoms with Gasteiger partial charge in [-0.25, -0.2) is 4.98 Å². The van der Waals surface area contributed by atoms with Gasteiger partial charge in [-0.15, -0.1) is 0 Å². The third-order valence-corrected chi connectivity index (χ3v) is 3.31. The second kappa shape index (κ2) is 4.83. The second-order valence-corrected chi connectivity index (χ2v) is 4.69. The summed E-state index contributed by atoms with van der Waals surface area (Å²) in [5.74, 6) is 0.951. The molecule has 0 aliphatic heterocycles. The Hall–Kier alpha value is -1.09. The topological polar surface area (TPSA) is 28.7 Å². The van der Waals surface area contributed by atoms with Crippen molar-refractivity contribution in [2.24, 2.45) is 0 Å². The first-order valence-electron chi connectivity index (χ1n) is 5.48. The lowest BCUT2D eigenvalue weighted by Gasteiger charge is -2.01. The molecule has 0 radical (unpaired) electrons. The Balaban J connectivity index is 2.17. The first kappa shape index (κ1) is 11.4. The van der Waals surface area contributed by atoms with Gasteiger partial charge in [-0.05, 0) is 40.4 Å². The van der Waals surface area contributed by atoms with Gasteiger partial charge in [0.15, 0.2) is 0 Å². The van der Waals surface area contributed by atoms with Crippen LogP contribution in [-0.2, 0) is 12.8 Å². The Morgan fingerprint density at radius 2 is 1.81 bits per heavy atom. The molecule has 0 saturated carbocycles. The molecule has 2 nitrogen and oxygen atoms in total. The first-order valence-corrected chi connectivity index (χ1v) is 6.27. The second-order valence-electron chi connectivity index (χ2n) is 3.94. The van der Waals surface area contributed by atoms with Crippen LogP contribution in [0.3, 0.4) is 0 Å². The highest BCUT2D eigenvalue weighted by molar-refractivity contribution is 9.10. The highest BCUT2D eigenvalue weighted by atomic mass is 79.9. The summed E-state index contributed by atoms with van der Waals surface area (Å²) in [5, 5.41) is 0. The van der Waals surface area contributed by atoms with Crippen LogP contribution in [0.4, 0.5) is 0 Å². The van der Waals surface area contributed by atoms with Crippen LogP contribution in [0.15, 0.2) is 28.9 Å². The van der Waals surface area contributed by atoms with Gasteiger partial charge in [-0.1, -0.05) is 31.2 Å². The Labute approximate surface area is 104 Å². The molecular formula is C13H15BrN2. The Kier molecular flexibility index (Phi) is 3.44. The smallest absolute Gasteiger partial charge is 0.127 e. The minimum Gasteiger partial charge on any atom is -0.345 e. The Morgan fingerprint density at radius 3 is 2.31 bits per heavy atom. The molecule has 0 fully saturated rings.